The molecule has 19 heavy (non-hydrogen) atoms. The maximum absolute atomic E-state index is 9.20. The Morgan fingerprint density at radius 3 is 2.63 bits per heavy atom. The summed E-state index contributed by atoms with van der Waals surface area (Å²) in [5.41, 5.74) is 0.0729. The molecule has 0 bridgehead atoms. The number of aliphatic hydroxyl groups excluding tert-OH is 2. The highest BCUT2D eigenvalue weighted by molar-refractivity contribution is 5.79. The molecule has 0 spiro atoms. The molecule has 0 radical (unpaired) electrons. The summed E-state index contributed by atoms with van der Waals surface area (Å²) in [6.45, 7) is 1.91. The molecule has 3 N–H and O–H groups in total. The lowest BCUT2D eigenvalue weighted by molar-refractivity contribution is 0.101. The highest BCUT2D eigenvalue weighted by Crippen LogP contribution is 2.24. The quantitative estimate of drug-likeness (QED) is 0.733. The topological polar surface area (TPSA) is 74.9 Å². The zero-order valence-electron chi connectivity index (χ0n) is 11.1. The Labute approximate surface area is 111 Å². The van der Waals surface area contributed by atoms with Gasteiger partial charge in [0.2, 0.25) is 0 Å². The van der Waals surface area contributed by atoms with Crippen LogP contribution in [0.2, 0.25) is 0 Å². The van der Waals surface area contributed by atoms with E-state index in [0.29, 0.717) is 6.54 Å². The molecule has 0 aliphatic heterocycles. The summed E-state index contributed by atoms with van der Waals surface area (Å²) >= 11 is 0. The molecule has 0 saturated carbocycles. The molecule has 0 amide bonds. The van der Waals surface area contributed by atoms with Crippen molar-refractivity contribution in [2.24, 2.45) is 0 Å². The monoisotopic (exact) mass is 265 g/mol. The number of furan rings is 1. The summed E-state index contributed by atoms with van der Waals surface area (Å²) in [6, 6.07) is 7.52. The summed E-state index contributed by atoms with van der Waals surface area (Å²) in [4.78, 5) is 0. The lowest BCUT2D eigenvalue weighted by Crippen LogP contribution is -2.48. The fourth-order valence-corrected chi connectivity index (χ4v) is 1.75. The summed E-state index contributed by atoms with van der Waals surface area (Å²) in [6.07, 6.45) is 0. The molecule has 1 heterocycles. The molecule has 0 atom stereocenters. The molecule has 0 fully saturated rings. The van der Waals surface area contributed by atoms with E-state index in [1.807, 2.05) is 24.3 Å². The number of fused-ring (bicyclic) bond motifs is 1. The molecule has 104 valence electrons. The first-order chi connectivity index (χ1) is 9.10. The number of methoxy groups -OCH3 is 1. The van der Waals surface area contributed by atoms with Gasteiger partial charge >= 0.3 is 0 Å². The van der Waals surface area contributed by atoms with Crippen LogP contribution in [0, 0.1) is 0 Å². The van der Waals surface area contributed by atoms with Crippen molar-refractivity contribution in [3.8, 4) is 5.75 Å². The molecule has 2 rings (SSSR count). The summed E-state index contributed by atoms with van der Waals surface area (Å²) in [5.74, 6) is 1.53. The zero-order chi connectivity index (χ0) is 13.9. The average Bonchev–Trinajstić information content (AvgIpc) is 2.86. The molecule has 1 aromatic heterocycles. The Bertz CT molecular complexity index is 545. The Balaban J connectivity index is 2.13. The van der Waals surface area contributed by atoms with Crippen LogP contribution >= 0.6 is 0 Å². The van der Waals surface area contributed by atoms with Gasteiger partial charge in [-0.05, 0) is 31.2 Å². The zero-order valence-corrected chi connectivity index (χ0v) is 11.1. The third-order valence-corrected chi connectivity index (χ3v) is 3.16. The van der Waals surface area contributed by atoms with Crippen molar-refractivity contribution >= 4 is 11.0 Å². The minimum atomic E-state index is -0.712. The lowest BCUT2D eigenvalue weighted by atomic mass is 10.1. The highest BCUT2D eigenvalue weighted by atomic mass is 16.5. The van der Waals surface area contributed by atoms with Crippen LogP contribution in [-0.2, 0) is 6.54 Å². The van der Waals surface area contributed by atoms with E-state index in [1.54, 1.807) is 14.0 Å². The second-order valence-electron chi connectivity index (χ2n) is 4.85. The van der Waals surface area contributed by atoms with Crippen molar-refractivity contribution in [2.75, 3.05) is 20.3 Å². The van der Waals surface area contributed by atoms with E-state index >= 15 is 0 Å². The standard InChI is InChI=1S/C14H19NO4/c1-14(8-16,9-17)15-7-12-6-10-5-11(18-2)3-4-13(10)19-12/h3-6,15-17H,7-9H2,1-2H3. The molecule has 2 aromatic rings. The van der Waals surface area contributed by atoms with Crippen molar-refractivity contribution < 1.29 is 19.4 Å². The van der Waals surface area contributed by atoms with E-state index in [-0.39, 0.29) is 13.2 Å². The predicted octanol–water partition coefficient (Wildman–Crippen LogP) is 1.27. The Hall–Kier alpha value is -1.56. The molecule has 5 heteroatoms. The Morgan fingerprint density at radius 2 is 2.00 bits per heavy atom. The highest BCUT2D eigenvalue weighted by Gasteiger charge is 2.21. The van der Waals surface area contributed by atoms with E-state index in [4.69, 9.17) is 9.15 Å². The first-order valence-electron chi connectivity index (χ1n) is 6.13. The number of aliphatic hydroxyl groups is 2. The third kappa shape index (κ3) is 3.07. The summed E-state index contributed by atoms with van der Waals surface area (Å²) in [5, 5.41) is 22.4. The molecule has 0 saturated heterocycles. The summed E-state index contributed by atoms with van der Waals surface area (Å²) < 4.78 is 10.8. The normalized spacial score (nSPS) is 12.0. The molecule has 5 nitrogen and oxygen atoms in total. The van der Waals surface area contributed by atoms with E-state index in [2.05, 4.69) is 5.32 Å². The van der Waals surface area contributed by atoms with Gasteiger partial charge in [0.1, 0.15) is 17.1 Å². The van der Waals surface area contributed by atoms with Crippen LogP contribution in [0.25, 0.3) is 11.0 Å². The van der Waals surface area contributed by atoms with E-state index < -0.39 is 5.54 Å². The van der Waals surface area contributed by atoms with Crippen LogP contribution < -0.4 is 10.1 Å². The van der Waals surface area contributed by atoms with Gasteiger partial charge in [0.15, 0.2) is 0 Å². The minimum Gasteiger partial charge on any atom is -0.497 e. The van der Waals surface area contributed by atoms with Gasteiger partial charge in [-0.15, -0.1) is 0 Å². The van der Waals surface area contributed by atoms with Gasteiger partial charge in [0.25, 0.3) is 0 Å². The van der Waals surface area contributed by atoms with Gasteiger partial charge < -0.3 is 24.7 Å². The Morgan fingerprint density at radius 1 is 1.26 bits per heavy atom. The largest absolute Gasteiger partial charge is 0.497 e. The van der Waals surface area contributed by atoms with Gasteiger partial charge in [-0.25, -0.2) is 0 Å². The molecular formula is C14H19NO4. The predicted molar refractivity (Wildman–Crippen MR) is 72.2 cm³/mol. The number of nitrogens with one attached hydrogen (secondary N) is 1. The first-order valence-corrected chi connectivity index (χ1v) is 6.13. The van der Waals surface area contributed by atoms with Crippen LogP contribution in [-0.4, -0.2) is 36.1 Å². The van der Waals surface area contributed by atoms with E-state index in [9.17, 15) is 10.2 Å². The van der Waals surface area contributed by atoms with Crippen molar-refractivity contribution in [1.29, 1.82) is 0 Å². The fraction of sp³-hybridized carbons (Fsp3) is 0.429. The van der Waals surface area contributed by atoms with Crippen LogP contribution in [0.15, 0.2) is 28.7 Å². The van der Waals surface area contributed by atoms with Crippen molar-refractivity contribution in [2.45, 2.75) is 19.0 Å². The van der Waals surface area contributed by atoms with Gasteiger partial charge in [0.05, 0.1) is 32.4 Å². The van der Waals surface area contributed by atoms with Crippen LogP contribution in [0.3, 0.4) is 0 Å². The van der Waals surface area contributed by atoms with Gasteiger partial charge in [-0.3, -0.25) is 0 Å². The first kappa shape index (κ1) is 13.9. The minimum absolute atomic E-state index is 0.141. The Kier molecular flexibility index (Phi) is 4.09. The van der Waals surface area contributed by atoms with E-state index in [0.717, 1.165) is 22.5 Å². The molecule has 1 aromatic carbocycles. The van der Waals surface area contributed by atoms with Gasteiger partial charge in [-0.2, -0.15) is 0 Å². The maximum atomic E-state index is 9.20. The summed E-state index contributed by atoms with van der Waals surface area (Å²) in [7, 11) is 1.62. The number of rotatable bonds is 6. The van der Waals surface area contributed by atoms with Gasteiger partial charge in [0, 0.05) is 5.39 Å². The number of hydrogen-bond acceptors (Lipinski definition) is 5. The van der Waals surface area contributed by atoms with Crippen molar-refractivity contribution in [3.05, 3.63) is 30.0 Å². The molecule has 0 aliphatic carbocycles. The molecule has 0 aliphatic rings. The second kappa shape index (κ2) is 5.61. The van der Waals surface area contributed by atoms with Crippen molar-refractivity contribution in [1.82, 2.24) is 5.32 Å². The van der Waals surface area contributed by atoms with Gasteiger partial charge in [-0.1, -0.05) is 0 Å². The van der Waals surface area contributed by atoms with Crippen LogP contribution in [0.5, 0.6) is 5.75 Å². The lowest BCUT2D eigenvalue weighted by Gasteiger charge is -2.25. The number of ether oxygens (including phenoxy) is 1. The molecule has 0 unspecified atom stereocenters. The van der Waals surface area contributed by atoms with Crippen LogP contribution in [0.4, 0.5) is 0 Å². The van der Waals surface area contributed by atoms with Crippen LogP contribution in [0.1, 0.15) is 12.7 Å². The average molecular weight is 265 g/mol. The van der Waals surface area contributed by atoms with E-state index in [1.165, 1.54) is 0 Å². The maximum Gasteiger partial charge on any atom is 0.134 e. The number of benzene rings is 1. The smallest absolute Gasteiger partial charge is 0.134 e. The fourth-order valence-electron chi connectivity index (χ4n) is 1.75. The SMILES string of the molecule is COc1ccc2oc(CNC(C)(CO)CO)cc2c1. The van der Waals surface area contributed by atoms with Crippen molar-refractivity contribution in [3.63, 3.8) is 0 Å². The number of hydrogen-bond donors (Lipinski definition) is 3. The second-order valence-corrected chi connectivity index (χ2v) is 4.85. The third-order valence-electron chi connectivity index (χ3n) is 3.16. The molecular weight excluding hydrogens is 246 g/mol.